The second-order valence-electron chi connectivity index (χ2n) is 4.38. The van der Waals surface area contributed by atoms with Gasteiger partial charge in [-0.25, -0.2) is 4.79 Å². The van der Waals surface area contributed by atoms with Gasteiger partial charge in [0.25, 0.3) is 0 Å². The molecule has 0 aliphatic heterocycles. The third-order valence-corrected chi connectivity index (χ3v) is 2.70. The summed E-state index contributed by atoms with van der Waals surface area (Å²) in [6, 6.07) is 12.9. The first kappa shape index (κ1) is 13.8. The van der Waals surface area contributed by atoms with Crippen molar-refractivity contribution >= 4 is 17.4 Å². The number of anilines is 1. The van der Waals surface area contributed by atoms with Crippen LogP contribution in [0.4, 0.5) is 10.5 Å². The van der Waals surface area contributed by atoms with E-state index in [4.69, 9.17) is 4.74 Å². The van der Waals surface area contributed by atoms with E-state index in [2.05, 4.69) is 16.9 Å². The molecule has 0 unspecified atom stereocenters. The maximum absolute atomic E-state index is 11.6. The molecule has 1 aromatic heterocycles. The average molecular weight is 268 g/mol. The molecule has 0 fully saturated rings. The van der Waals surface area contributed by atoms with E-state index in [9.17, 15) is 4.79 Å². The monoisotopic (exact) mass is 268 g/mol. The highest BCUT2D eigenvalue weighted by atomic mass is 16.5. The summed E-state index contributed by atoms with van der Waals surface area (Å²) < 4.78 is 5.08. The number of hydrogen-bond acceptors (Lipinski definition) is 3. The third kappa shape index (κ3) is 3.95. The zero-order valence-electron chi connectivity index (χ0n) is 11.3. The van der Waals surface area contributed by atoms with Gasteiger partial charge in [-0.3, -0.25) is 10.3 Å². The molecule has 0 spiro atoms. The molecular formula is C16H16N2O2. The maximum atomic E-state index is 11.6. The number of amides is 1. The summed E-state index contributed by atoms with van der Waals surface area (Å²) in [4.78, 5) is 15.7. The number of aromatic nitrogens is 1. The molecule has 4 heteroatoms. The number of rotatable bonds is 4. The van der Waals surface area contributed by atoms with Crippen LogP contribution in [0.1, 0.15) is 18.2 Å². The zero-order valence-corrected chi connectivity index (χ0v) is 11.3. The average Bonchev–Trinajstić information content (AvgIpc) is 2.47. The summed E-state index contributed by atoms with van der Waals surface area (Å²) in [6.07, 6.45) is 1.16. The molecule has 0 atom stereocenters. The minimum absolute atomic E-state index is 0.149. The normalized spacial score (nSPS) is 9.85. The second-order valence-corrected chi connectivity index (χ2v) is 4.38. The molecule has 1 heterocycles. The van der Waals surface area contributed by atoms with Gasteiger partial charge in [0, 0.05) is 11.9 Å². The topological polar surface area (TPSA) is 51.2 Å². The lowest BCUT2D eigenvalue weighted by molar-refractivity contribution is 0.153. The summed E-state index contributed by atoms with van der Waals surface area (Å²) in [6.45, 7) is 5.94. The van der Waals surface area contributed by atoms with Crippen LogP contribution >= 0.6 is 0 Å². The maximum Gasteiger partial charge on any atom is 0.412 e. The number of carbonyl (C=O) groups excluding carboxylic acids is 1. The van der Waals surface area contributed by atoms with Crippen LogP contribution < -0.4 is 5.32 Å². The van der Waals surface area contributed by atoms with E-state index >= 15 is 0 Å². The van der Waals surface area contributed by atoms with E-state index in [-0.39, 0.29) is 6.61 Å². The molecule has 0 aliphatic carbocycles. The van der Waals surface area contributed by atoms with E-state index in [1.807, 2.05) is 43.3 Å². The molecule has 0 saturated heterocycles. The number of carbonyl (C=O) groups is 1. The summed E-state index contributed by atoms with van der Waals surface area (Å²) >= 11 is 0. The number of benzene rings is 1. The van der Waals surface area contributed by atoms with E-state index in [0.717, 1.165) is 11.1 Å². The Morgan fingerprint density at radius 1 is 1.25 bits per heavy atom. The van der Waals surface area contributed by atoms with Crippen LogP contribution in [-0.2, 0) is 11.3 Å². The summed E-state index contributed by atoms with van der Waals surface area (Å²) in [5.41, 5.74) is 3.41. The van der Waals surface area contributed by atoms with Gasteiger partial charge in [-0.15, -0.1) is 0 Å². The first-order valence-electron chi connectivity index (χ1n) is 6.25. The highest BCUT2D eigenvalue weighted by Crippen LogP contribution is 2.15. The van der Waals surface area contributed by atoms with Gasteiger partial charge in [0.2, 0.25) is 0 Å². The Morgan fingerprint density at radius 2 is 2.00 bits per heavy atom. The van der Waals surface area contributed by atoms with Crippen LogP contribution in [-0.4, -0.2) is 11.1 Å². The molecule has 1 aromatic carbocycles. The predicted octanol–water partition coefficient (Wildman–Crippen LogP) is 3.86. The molecule has 20 heavy (non-hydrogen) atoms. The van der Waals surface area contributed by atoms with Gasteiger partial charge in [0.05, 0.1) is 5.69 Å². The van der Waals surface area contributed by atoms with Gasteiger partial charge in [0.1, 0.15) is 6.61 Å². The Labute approximate surface area is 118 Å². The molecule has 2 rings (SSSR count). The first-order valence-corrected chi connectivity index (χ1v) is 6.25. The lowest BCUT2D eigenvalue weighted by Gasteiger charge is -2.07. The molecule has 0 radical (unpaired) electrons. The second kappa shape index (κ2) is 6.52. The van der Waals surface area contributed by atoms with Gasteiger partial charge in [-0.2, -0.15) is 0 Å². The molecule has 4 nitrogen and oxygen atoms in total. The fourth-order valence-electron chi connectivity index (χ4n) is 1.62. The van der Waals surface area contributed by atoms with E-state index in [1.54, 1.807) is 12.3 Å². The van der Waals surface area contributed by atoms with Crippen molar-refractivity contribution in [2.24, 2.45) is 0 Å². The van der Waals surface area contributed by atoms with Crippen LogP contribution in [0.3, 0.4) is 0 Å². The number of hydrogen-bond donors (Lipinski definition) is 1. The van der Waals surface area contributed by atoms with Crippen LogP contribution in [0.15, 0.2) is 55.2 Å². The van der Waals surface area contributed by atoms with Crippen molar-refractivity contribution < 1.29 is 9.53 Å². The smallest absolute Gasteiger partial charge is 0.412 e. The summed E-state index contributed by atoms with van der Waals surface area (Å²) in [5, 5.41) is 2.66. The van der Waals surface area contributed by atoms with Crippen molar-refractivity contribution in [3.05, 3.63) is 66.5 Å². The largest absolute Gasteiger partial charge is 0.443 e. The molecular weight excluding hydrogens is 252 g/mol. The zero-order chi connectivity index (χ0) is 14.4. The van der Waals surface area contributed by atoms with E-state index < -0.39 is 6.09 Å². The van der Waals surface area contributed by atoms with Crippen molar-refractivity contribution in [3.63, 3.8) is 0 Å². The molecule has 1 amide bonds. The highest BCUT2D eigenvalue weighted by molar-refractivity contribution is 5.84. The third-order valence-electron chi connectivity index (χ3n) is 2.70. The molecule has 1 N–H and O–H groups in total. The van der Waals surface area contributed by atoms with E-state index in [1.165, 1.54) is 0 Å². The van der Waals surface area contributed by atoms with Crippen molar-refractivity contribution in [2.75, 3.05) is 5.32 Å². The highest BCUT2D eigenvalue weighted by Gasteiger charge is 2.04. The molecule has 0 aliphatic rings. The summed E-state index contributed by atoms with van der Waals surface area (Å²) in [5.74, 6) is 0. The Balaban J connectivity index is 1.86. The van der Waals surface area contributed by atoms with Crippen LogP contribution in [0.2, 0.25) is 0 Å². The van der Waals surface area contributed by atoms with Crippen LogP contribution in [0.25, 0.3) is 5.57 Å². The molecule has 2 aromatic rings. The number of nitrogens with zero attached hydrogens (tertiary/aromatic N) is 1. The Bertz CT molecular complexity index is 592. The first-order chi connectivity index (χ1) is 9.65. The van der Waals surface area contributed by atoms with Gasteiger partial charge in [-0.1, -0.05) is 30.4 Å². The SMILES string of the molecule is C=C(C)c1ccc(NC(=O)OCc2ccccn2)cc1. The minimum Gasteiger partial charge on any atom is -0.443 e. The fraction of sp³-hybridized carbons (Fsp3) is 0.125. The standard InChI is InChI=1S/C16H16N2O2/c1-12(2)13-6-8-14(9-7-13)18-16(19)20-11-15-5-3-4-10-17-15/h3-10H,1,11H2,2H3,(H,18,19). The van der Waals surface area contributed by atoms with Crippen molar-refractivity contribution in [1.29, 1.82) is 0 Å². The number of allylic oxidation sites excluding steroid dienone is 1. The number of nitrogens with one attached hydrogen (secondary N) is 1. The quantitative estimate of drug-likeness (QED) is 0.916. The minimum atomic E-state index is -0.501. The van der Waals surface area contributed by atoms with Gasteiger partial charge in [-0.05, 0) is 36.8 Å². The fourth-order valence-corrected chi connectivity index (χ4v) is 1.62. The number of ether oxygens (including phenoxy) is 1. The molecule has 0 bridgehead atoms. The van der Waals surface area contributed by atoms with Crippen LogP contribution in [0, 0.1) is 0 Å². The Hall–Kier alpha value is -2.62. The van der Waals surface area contributed by atoms with E-state index in [0.29, 0.717) is 11.4 Å². The van der Waals surface area contributed by atoms with Gasteiger partial charge < -0.3 is 4.74 Å². The Kier molecular flexibility index (Phi) is 4.50. The lowest BCUT2D eigenvalue weighted by atomic mass is 10.1. The van der Waals surface area contributed by atoms with Gasteiger partial charge in [0.15, 0.2) is 0 Å². The van der Waals surface area contributed by atoms with Crippen molar-refractivity contribution in [2.45, 2.75) is 13.5 Å². The van der Waals surface area contributed by atoms with Crippen molar-refractivity contribution in [3.8, 4) is 0 Å². The van der Waals surface area contributed by atoms with Crippen LogP contribution in [0.5, 0.6) is 0 Å². The van der Waals surface area contributed by atoms with Gasteiger partial charge >= 0.3 is 6.09 Å². The molecule has 0 saturated carbocycles. The number of pyridine rings is 1. The summed E-state index contributed by atoms with van der Waals surface area (Å²) in [7, 11) is 0. The van der Waals surface area contributed by atoms with Crippen molar-refractivity contribution in [1.82, 2.24) is 4.98 Å². The lowest BCUT2D eigenvalue weighted by Crippen LogP contribution is -2.13. The predicted molar refractivity (Wildman–Crippen MR) is 79.2 cm³/mol. The Morgan fingerprint density at radius 3 is 2.60 bits per heavy atom. The molecule has 102 valence electrons.